The van der Waals surface area contributed by atoms with Crippen molar-refractivity contribution in [2.24, 2.45) is 0 Å². The third kappa shape index (κ3) is 2.49. The van der Waals surface area contributed by atoms with E-state index in [4.69, 9.17) is 0 Å². The normalized spacial score (nSPS) is 12.7. The molecule has 1 aliphatic rings. The van der Waals surface area contributed by atoms with E-state index >= 15 is 0 Å². The Morgan fingerprint density at radius 3 is 2.74 bits per heavy atom. The van der Waals surface area contributed by atoms with E-state index in [1.54, 1.807) is 0 Å². The summed E-state index contributed by atoms with van der Waals surface area (Å²) < 4.78 is 3.16. The second-order valence-corrected chi connectivity index (χ2v) is 6.44. The first-order valence-corrected chi connectivity index (χ1v) is 8.26. The molecule has 6 heteroatoms. The fourth-order valence-electron chi connectivity index (χ4n) is 2.97. The SMILES string of the molecule is CNc1nnc2n1-c1ccc(Br)cc1CN2Cc1ccccc1. The lowest BCUT2D eigenvalue weighted by Gasteiger charge is -2.30. The fraction of sp³-hybridized carbons (Fsp3) is 0.176. The molecule has 0 radical (unpaired) electrons. The molecule has 5 nitrogen and oxygen atoms in total. The number of nitrogens with one attached hydrogen (secondary N) is 1. The van der Waals surface area contributed by atoms with E-state index in [0.29, 0.717) is 0 Å². The van der Waals surface area contributed by atoms with Crippen LogP contribution in [0.1, 0.15) is 11.1 Å². The minimum absolute atomic E-state index is 0.751. The van der Waals surface area contributed by atoms with Gasteiger partial charge in [0.15, 0.2) is 0 Å². The van der Waals surface area contributed by atoms with Gasteiger partial charge in [-0.1, -0.05) is 46.3 Å². The summed E-state index contributed by atoms with van der Waals surface area (Å²) in [5, 5.41) is 11.8. The van der Waals surface area contributed by atoms with Crippen LogP contribution in [0.3, 0.4) is 0 Å². The van der Waals surface area contributed by atoms with Crippen molar-refractivity contribution in [2.75, 3.05) is 17.3 Å². The average Bonchev–Trinajstić information content (AvgIpc) is 3.00. The summed E-state index contributed by atoms with van der Waals surface area (Å²) in [5.41, 5.74) is 3.63. The Balaban J connectivity index is 1.80. The van der Waals surface area contributed by atoms with Gasteiger partial charge in [0.25, 0.3) is 0 Å². The first-order valence-electron chi connectivity index (χ1n) is 7.47. The third-order valence-corrected chi connectivity index (χ3v) is 4.51. The van der Waals surface area contributed by atoms with Crippen LogP contribution < -0.4 is 10.2 Å². The molecular formula is C17H16BrN5. The van der Waals surface area contributed by atoms with Crippen LogP contribution in [0.15, 0.2) is 53.0 Å². The van der Waals surface area contributed by atoms with Crippen LogP contribution in [0.25, 0.3) is 5.69 Å². The number of hydrogen-bond acceptors (Lipinski definition) is 4. The number of halogens is 1. The molecule has 0 bridgehead atoms. The first kappa shape index (κ1) is 14.3. The van der Waals surface area contributed by atoms with Crippen LogP contribution in [0.2, 0.25) is 0 Å². The molecule has 1 aromatic heterocycles. The molecule has 0 aliphatic carbocycles. The molecule has 3 aromatic rings. The molecule has 0 atom stereocenters. The molecule has 0 spiro atoms. The number of nitrogens with zero attached hydrogens (tertiary/aromatic N) is 4. The number of benzene rings is 2. The van der Waals surface area contributed by atoms with E-state index in [0.717, 1.165) is 35.1 Å². The van der Waals surface area contributed by atoms with Gasteiger partial charge in [-0.3, -0.25) is 0 Å². The zero-order valence-electron chi connectivity index (χ0n) is 12.7. The predicted octanol–water partition coefficient (Wildman–Crippen LogP) is 3.59. The monoisotopic (exact) mass is 369 g/mol. The van der Waals surface area contributed by atoms with Crippen molar-refractivity contribution in [3.63, 3.8) is 0 Å². The van der Waals surface area contributed by atoms with E-state index < -0.39 is 0 Å². The van der Waals surface area contributed by atoms with Crippen molar-refractivity contribution in [2.45, 2.75) is 13.1 Å². The van der Waals surface area contributed by atoms with Gasteiger partial charge >= 0.3 is 0 Å². The molecule has 0 unspecified atom stereocenters. The van der Waals surface area contributed by atoms with E-state index in [1.807, 2.05) is 13.1 Å². The first-order chi connectivity index (χ1) is 11.3. The molecule has 2 aromatic carbocycles. The van der Waals surface area contributed by atoms with Gasteiger partial charge in [-0.25, -0.2) is 4.57 Å². The molecule has 0 fully saturated rings. The second-order valence-electron chi connectivity index (χ2n) is 5.52. The van der Waals surface area contributed by atoms with E-state index in [1.165, 1.54) is 11.1 Å². The zero-order chi connectivity index (χ0) is 15.8. The lowest BCUT2D eigenvalue weighted by atomic mass is 10.1. The minimum atomic E-state index is 0.751. The minimum Gasteiger partial charge on any atom is -0.357 e. The summed E-state index contributed by atoms with van der Waals surface area (Å²) in [5.74, 6) is 1.62. The fourth-order valence-corrected chi connectivity index (χ4v) is 3.38. The van der Waals surface area contributed by atoms with Gasteiger partial charge in [-0.2, -0.15) is 0 Å². The highest BCUT2D eigenvalue weighted by molar-refractivity contribution is 9.10. The lowest BCUT2D eigenvalue weighted by Crippen LogP contribution is -2.30. The Morgan fingerprint density at radius 2 is 1.96 bits per heavy atom. The molecule has 23 heavy (non-hydrogen) atoms. The number of hydrogen-bond donors (Lipinski definition) is 1. The second kappa shape index (κ2) is 5.70. The zero-order valence-corrected chi connectivity index (χ0v) is 14.3. The summed E-state index contributed by atoms with van der Waals surface area (Å²) in [6, 6.07) is 16.7. The van der Waals surface area contributed by atoms with Crippen molar-refractivity contribution >= 4 is 27.8 Å². The summed E-state index contributed by atoms with van der Waals surface area (Å²) in [4.78, 5) is 2.25. The van der Waals surface area contributed by atoms with Gasteiger partial charge in [0, 0.05) is 24.6 Å². The average molecular weight is 370 g/mol. The number of rotatable bonds is 3. The van der Waals surface area contributed by atoms with Crippen LogP contribution in [0, 0.1) is 0 Å². The molecule has 0 saturated carbocycles. The van der Waals surface area contributed by atoms with Crippen molar-refractivity contribution < 1.29 is 0 Å². The van der Waals surface area contributed by atoms with E-state index in [2.05, 4.69) is 83.4 Å². The van der Waals surface area contributed by atoms with Crippen molar-refractivity contribution in [3.05, 3.63) is 64.1 Å². The molecule has 4 rings (SSSR count). The van der Waals surface area contributed by atoms with Crippen molar-refractivity contribution in [1.29, 1.82) is 0 Å². The van der Waals surface area contributed by atoms with Crippen LogP contribution in [0.5, 0.6) is 0 Å². The Hall–Kier alpha value is -2.34. The van der Waals surface area contributed by atoms with E-state index in [-0.39, 0.29) is 0 Å². The Kier molecular flexibility index (Phi) is 3.53. The van der Waals surface area contributed by atoms with Gasteiger partial charge in [0.05, 0.1) is 5.69 Å². The van der Waals surface area contributed by atoms with Crippen LogP contribution >= 0.6 is 15.9 Å². The molecule has 1 N–H and O–H groups in total. The quantitative estimate of drug-likeness (QED) is 0.766. The van der Waals surface area contributed by atoms with Gasteiger partial charge in [0.1, 0.15) is 0 Å². The molecule has 1 aliphatic heterocycles. The van der Waals surface area contributed by atoms with Crippen LogP contribution in [0.4, 0.5) is 11.9 Å². The van der Waals surface area contributed by atoms with Crippen molar-refractivity contribution in [1.82, 2.24) is 14.8 Å². The maximum absolute atomic E-state index is 4.39. The summed E-state index contributed by atoms with van der Waals surface area (Å²) in [6.07, 6.45) is 0. The van der Waals surface area contributed by atoms with Gasteiger partial charge in [0.2, 0.25) is 11.9 Å². The standard InChI is InChI=1S/C17H16BrN5/c1-19-16-20-21-17-22(10-12-5-3-2-4-6-12)11-13-9-14(18)7-8-15(13)23(16)17/h2-9H,10-11H2,1H3,(H,19,20). The number of anilines is 2. The van der Waals surface area contributed by atoms with Gasteiger partial charge in [-0.15, -0.1) is 10.2 Å². The highest BCUT2D eigenvalue weighted by atomic mass is 79.9. The summed E-state index contributed by atoms with van der Waals surface area (Å²) in [7, 11) is 1.87. The molecule has 0 saturated heterocycles. The summed E-state index contributed by atoms with van der Waals surface area (Å²) in [6.45, 7) is 1.61. The molecular weight excluding hydrogens is 354 g/mol. The summed E-state index contributed by atoms with van der Waals surface area (Å²) >= 11 is 3.57. The van der Waals surface area contributed by atoms with Crippen LogP contribution in [-0.4, -0.2) is 21.8 Å². The highest BCUT2D eigenvalue weighted by Crippen LogP contribution is 2.34. The number of fused-ring (bicyclic) bond motifs is 3. The third-order valence-electron chi connectivity index (χ3n) is 4.01. The molecule has 2 heterocycles. The Bertz CT molecular complexity index is 843. The van der Waals surface area contributed by atoms with Gasteiger partial charge < -0.3 is 10.2 Å². The smallest absolute Gasteiger partial charge is 0.234 e. The Morgan fingerprint density at radius 1 is 1.13 bits per heavy atom. The van der Waals surface area contributed by atoms with E-state index in [9.17, 15) is 0 Å². The topological polar surface area (TPSA) is 46.0 Å². The van der Waals surface area contributed by atoms with Crippen LogP contribution in [-0.2, 0) is 13.1 Å². The predicted molar refractivity (Wildman–Crippen MR) is 94.9 cm³/mol. The highest BCUT2D eigenvalue weighted by Gasteiger charge is 2.26. The van der Waals surface area contributed by atoms with Gasteiger partial charge in [-0.05, 0) is 29.3 Å². The maximum atomic E-state index is 4.39. The Labute approximate surface area is 143 Å². The molecule has 0 amide bonds. The number of aromatic nitrogens is 3. The lowest BCUT2D eigenvalue weighted by molar-refractivity contribution is 0.721. The molecule has 116 valence electrons. The maximum Gasteiger partial charge on any atom is 0.234 e. The van der Waals surface area contributed by atoms with Crippen molar-refractivity contribution in [3.8, 4) is 5.69 Å². The largest absolute Gasteiger partial charge is 0.357 e.